The molecule has 142 valence electrons. The highest BCUT2D eigenvalue weighted by Gasteiger charge is 2.30. The Kier molecular flexibility index (Phi) is 4.35. The molecule has 0 fully saturated rings. The first-order valence-corrected chi connectivity index (χ1v) is 8.74. The number of carbonyl (C=O) groups excluding carboxylic acids is 2. The van der Waals surface area contributed by atoms with Crippen LogP contribution in [0.15, 0.2) is 18.2 Å². The molecular formula is C18H20N4O5. The lowest BCUT2D eigenvalue weighted by Crippen LogP contribution is -2.39. The molecule has 3 heterocycles. The molecule has 2 aromatic rings. The predicted octanol–water partition coefficient (Wildman–Crippen LogP) is 1.92. The van der Waals surface area contributed by atoms with Crippen LogP contribution < -0.4 is 14.8 Å². The van der Waals surface area contributed by atoms with Gasteiger partial charge in [0.1, 0.15) is 0 Å². The maximum Gasteiger partial charge on any atom is 0.359 e. The van der Waals surface area contributed by atoms with Crippen molar-refractivity contribution in [1.29, 1.82) is 0 Å². The van der Waals surface area contributed by atoms with Gasteiger partial charge in [-0.05, 0) is 19.1 Å². The van der Waals surface area contributed by atoms with Crippen molar-refractivity contribution in [3.05, 3.63) is 35.2 Å². The van der Waals surface area contributed by atoms with Crippen LogP contribution in [0.5, 0.6) is 11.5 Å². The fourth-order valence-electron chi connectivity index (χ4n) is 3.31. The second-order valence-corrected chi connectivity index (χ2v) is 6.29. The van der Waals surface area contributed by atoms with Gasteiger partial charge in [0.15, 0.2) is 17.2 Å². The van der Waals surface area contributed by atoms with Crippen molar-refractivity contribution in [3.8, 4) is 11.5 Å². The van der Waals surface area contributed by atoms with Gasteiger partial charge >= 0.3 is 12.0 Å². The van der Waals surface area contributed by atoms with Crippen LogP contribution in [0.4, 0.5) is 10.5 Å². The third-order valence-corrected chi connectivity index (χ3v) is 4.62. The monoisotopic (exact) mass is 372 g/mol. The van der Waals surface area contributed by atoms with Gasteiger partial charge in [-0.2, -0.15) is 5.10 Å². The minimum atomic E-state index is -0.465. The summed E-state index contributed by atoms with van der Waals surface area (Å²) in [4.78, 5) is 26.5. The van der Waals surface area contributed by atoms with Crippen LogP contribution in [0, 0.1) is 0 Å². The zero-order valence-corrected chi connectivity index (χ0v) is 15.2. The standard InChI is InChI=1S/C18H20N4O5/c1-3-25-17(23)16-12-9-22(7-6-13(12)21(2)20-16)18(24)19-11-4-5-14-15(8-11)27-10-26-14/h4-5,8H,3,6-7,9-10H2,1-2H3,(H,19,24). The van der Waals surface area contributed by atoms with Gasteiger partial charge in [0.25, 0.3) is 0 Å². The number of aryl methyl sites for hydroxylation is 1. The Morgan fingerprint density at radius 1 is 1.30 bits per heavy atom. The fraction of sp³-hybridized carbons (Fsp3) is 0.389. The number of urea groups is 1. The number of ether oxygens (including phenoxy) is 3. The number of nitrogens with one attached hydrogen (secondary N) is 1. The van der Waals surface area contributed by atoms with Gasteiger partial charge in [0.05, 0.1) is 13.2 Å². The van der Waals surface area contributed by atoms with Crippen molar-refractivity contribution in [3.63, 3.8) is 0 Å². The van der Waals surface area contributed by atoms with E-state index in [0.717, 1.165) is 11.3 Å². The maximum absolute atomic E-state index is 12.7. The Labute approximate surface area is 155 Å². The summed E-state index contributed by atoms with van der Waals surface area (Å²) in [5, 5.41) is 7.14. The Balaban J connectivity index is 1.50. The Morgan fingerprint density at radius 2 is 2.11 bits per heavy atom. The van der Waals surface area contributed by atoms with Gasteiger partial charge in [-0.25, -0.2) is 9.59 Å². The SMILES string of the molecule is CCOC(=O)c1nn(C)c2c1CN(C(=O)Nc1ccc3c(c1)OCO3)CC2. The highest BCUT2D eigenvalue weighted by Crippen LogP contribution is 2.34. The summed E-state index contributed by atoms with van der Waals surface area (Å²) >= 11 is 0. The van der Waals surface area contributed by atoms with E-state index in [4.69, 9.17) is 14.2 Å². The molecule has 27 heavy (non-hydrogen) atoms. The number of hydrogen-bond acceptors (Lipinski definition) is 6. The van der Waals surface area contributed by atoms with Crippen molar-refractivity contribution in [2.45, 2.75) is 19.9 Å². The summed E-state index contributed by atoms with van der Waals surface area (Å²) in [6.45, 7) is 3.04. The smallest absolute Gasteiger partial charge is 0.359 e. The van der Waals surface area contributed by atoms with Crippen LogP contribution in [0.25, 0.3) is 0 Å². The molecule has 1 aromatic carbocycles. The third-order valence-electron chi connectivity index (χ3n) is 4.62. The molecule has 0 aliphatic carbocycles. The van der Waals surface area contributed by atoms with E-state index in [1.165, 1.54) is 0 Å². The van der Waals surface area contributed by atoms with E-state index in [1.54, 1.807) is 41.8 Å². The first-order valence-electron chi connectivity index (χ1n) is 8.74. The first kappa shape index (κ1) is 17.2. The molecule has 0 saturated carbocycles. The van der Waals surface area contributed by atoms with Gasteiger partial charge in [0.2, 0.25) is 6.79 Å². The quantitative estimate of drug-likeness (QED) is 0.827. The van der Waals surface area contributed by atoms with Gasteiger partial charge in [0, 0.05) is 43.0 Å². The summed E-state index contributed by atoms with van der Waals surface area (Å²) in [6, 6.07) is 4.99. The van der Waals surface area contributed by atoms with E-state index in [1.807, 2.05) is 0 Å². The molecule has 4 rings (SSSR count). The highest BCUT2D eigenvalue weighted by atomic mass is 16.7. The Bertz CT molecular complexity index is 907. The molecule has 0 atom stereocenters. The molecule has 0 spiro atoms. The summed E-state index contributed by atoms with van der Waals surface area (Å²) in [5.41, 5.74) is 2.58. The minimum Gasteiger partial charge on any atom is -0.461 e. The molecule has 2 amide bonds. The topological polar surface area (TPSA) is 94.9 Å². The zero-order chi connectivity index (χ0) is 19.0. The van der Waals surface area contributed by atoms with Crippen molar-refractivity contribution in [2.24, 2.45) is 7.05 Å². The van der Waals surface area contributed by atoms with Crippen LogP contribution in [0.3, 0.4) is 0 Å². The van der Waals surface area contributed by atoms with Crippen molar-refractivity contribution in [2.75, 3.05) is 25.3 Å². The van der Waals surface area contributed by atoms with E-state index in [0.29, 0.717) is 36.7 Å². The molecule has 1 aromatic heterocycles. The summed E-state index contributed by atoms with van der Waals surface area (Å²) in [7, 11) is 1.80. The number of hydrogen-bond donors (Lipinski definition) is 1. The lowest BCUT2D eigenvalue weighted by molar-refractivity contribution is 0.0516. The molecule has 0 saturated heterocycles. The minimum absolute atomic E-state index is 0.180. The summed E-state index contributed by atoms with van der Waals surface area (Å²) < 4.78 is 17.4. The summed E-state index contributed by atoms with van der Waals surface area (Å²) in [5.74, 6) is 0.794. The number of carbonyl (C=O) groups is 2. The molecule has 0 radical (unpaired) electrons. The number of amides is 2. The lowest BCUT2D eigenvalue weighted by atomic mass is 10.1. The molecule has 2 aliphatic heterocycles. The number of anilines is 1. The molecular weight excluding hydrogens is 352 g/mol. The van der Waals surface area contributed by atoms with Gasteiger partial charge in [-0.1, -0.05) is 0 Å². The normalized spacial score (nSPS) is 14.7. The number of aromatic nitrogens is 2. The second kappa shape index (κ2) is 6.82. The number of benzene rings is 1. The Hall–Kier alpha value is -3.23. The van der Waals surface area contributed by atoms with E-state index in [-0.39, 0.29) is 25.1 Å². The molecule has 0 unspecified atom stereocenters. The van der Waals surface area contributed by atoms with Crippen LogP contribution in [-0.4, -0.2) is 46.6 Å². The average Bonchev–Trinajstić information content (AvgIpc) is 3.25. The van der Waals surface area contributed by atoms with Gasteiger partial charge in [-0.3, -0.25) is 4.68 Å². The molecule has 9 heteroatoms. The van der Waals surface area contributed by atoms with Crippen molar-refractivity contribution >= 4 is 17.7 Å². The van der Waals surface area contributed by atoms with E-state index < -0.39 is 5.97 Å². The van der Waals surface area contributed by atoms with E-state index in [9.17, 15) is 9.59 Å². The predicted molar refractivity (Wildman–Crippen MR) is 94.9 cm³/mol. The molecule has 9 nitrogen and oxygen atoms in total. The number of esters is 1. The van der Waals surface area contributed by atoms with Crippen LogP contribution in [0.2, 0.25) is 0 Å². The molecule has 0 bridgehead atoms. The van der Waals surface area contributed by atoms with E-state index in [2.05, 4.69) is 10.4 Å². The third kappa shape index (κ3) is 3.16. The van der Waals surface area contributed by atoms with Crippen LogP contribution in [-0.2, 0) is 24.8 Å². The maximum atomic E-state index is 12.7. The average molecular weight is 372 g/mol. The van der Waals surface area contributed by atoms with Crippen LogP contribution >= 0.6 is 0 Å². The number of nitrogens with zero attached hydrogens (tertiary/aromatic N) is 3. The Morgan fingerprint density at radius 3 is 2.93 bits per heavy atom. The second-order valence-electron chi connectivity index (χ2n) is 6.29. The van der Waals surface area contributed by atoms with Crippen LogP contribution in [0.1, 0.15) is 28.7 Å². The molecule has 1 N–H and O–H groups in total. The largest absolute Gasteiger partial charge is 0.461 e. The first-order chi connectivity index (χ1) is 13.1. The lowest BCUT2D eigenvalue weighted by Gasteiger charge is -2.27. The summed E-state index contributed by atoms with van der Waals surface area (Å²) in [6.07, 6.45) is 0.618. The molecule has 2 aliphatic rings. The van der Waals surface area contributed by atoms with Crippen molar-refractivity contribution < 1.29 is 23.8 Å². The van der Waals surface area contributed by atoms with E-state index >= 15 is 0 Å². The fourth-order valence-corrected chi connectivity index (χ4v) is 3.31. The van der Waals surface area contributed by atoms with Gasteiger partial charge in [-0.15, -0.1) is 0 Å². The van der Waals surface area contributed by atoms with Crippen molar-refractivity contribution in [1.82, 2.24) is 14.7 Å². The highest BCUT2D eigenvalue weighted by molar-refractivity contribution is 5.91. The van der Waals surface area contributed by atoms with Gasteiger partial charge < -0.3 is 24.4 Å². The number of rotatable bonds is 3. The number of fused-ring (bicyclic) bond motifs is 2. The zero-order valence-electron chi connectivity index (χ0n) is 15.2.